The van der Waals surface area contributed by atoms with Crippen LogP contribution in [0.1, 0.15) is 27.2 Å². The zero-order chi connectivity index (χ0) is 14.3. The molecule has 1 aliphatic heterocycles. The topological polar surface area (TPSA) is 50.8 Å². The summed E-state index contributed by atoms with van der Waals surface area (Å²) in [5.74, 6) is 0.0917. The van der Waals surface area contributed by atoms with E-state index in [1.54, 1.807) is 4.90 Å². The second-order valence-electron chi connectivity index (χ2n) is 5.38. The molecule has 112 valence electrons. The van der Waals surface area contributed by atoms with Gasteiger partial charge in [0.25, 0.3) is 0 Å². The highest BCUT2D eigenvalue weighted by molar-refractivity contribution is 5.79. The fraction of sp³-hybridized carbons (Fsp3) is 0.929. The Kier molecular flexibility index (Phi) is 7.34. The Bertz CT molecular complexity index is 271. The highest BCUT2D eigenvalue weighted by Crippen LogP contribution is 2.16. The fourth-order valence-electron chi connectivity index (χ4n) is 2.15. The van der Waals surface area contributed by atoms with Crippen molar-refractivity contribution in [2.24, 2.45) is 5.92 Å². The van der Waals surface area contributed by atoms with Crippen LogP contribution in [0.5, 0.6) is 0 Å². The Morgan fingerprint density at radius 2 is 2.21 bits per heavy atom. The highest BCUT2D eigenvalue weighted by atomic mass is 16.5. The van der Waals surface area contributed by atoms with Crippen molar-refractivity contribution in [1.82, 2.24) is 10.2 Å². The Labute approximate surface area is 116 Å². The minimum Gasteiger partial charge on any atom is -0.379 e. The van der Waals surface area contributed by atoms with Gasteiger partial charge in [-0.25, -0.2) is 0 Å². The number of hydrogen-bond donors (Lipinski definition) is 1. The van der Waals surface area contributed by atoms with Gasteiger partial charge in [-0.15, -0.1) is 0 Å². The first kappa shape index (κ1) is 16.4. The van der Waals surface area contributed by atoms with E-state index in [0.29, 0.717) is 26.4 Å². The first-order valence-electron chi connectivity index (χ1n) is 7.24. The average Bonchev–Trinajstić information content (AvgIpc) is 2.82. The number of nitrogens with zero attached hydrogens (tertiary/aromatic N) is 1. The second-order valence-corrected chi connectivity index (χ2v) is 5.38. The standard InChI is InChI=1S/C14H28N2O3/c1-5-6-15-13-10-18-9-12(13)14(17)16(4)7-8-19-11(2)3/h11-13,15H,5-10H2,1-4H3. The lowest BCUT2D eigenvalue weighted by molar-refractivity contribution is -0.135. The molecule has 1 fully saturated rings. The Morgan fingerprint density at radius 1 is 1.47 bits per heavy atom. The predicted molar refractivity (Wildman–Crippen MR) is 75.1 cm³/mol. The summed E-state index contributed by atoms with van der Waals surface area (Å²) < 4.78 is 10.9. The van der Waals surface area contributed by atoms with E-state index in [1.165, 1.54) is 0 Å². The summed E-state index contributed by atoms with van der Waals surface area (Å²) >= 11 is 0. The number of ether oxygens (including phenoxy) is 2. The van der Waals surface area contributed by atoms with Gasteiger partial charge in [0.05, 0.1) is 31.8 Å². The average molecular weight is 272 g/mol. The summed E-state index contributed by atoms with van der Waals surface area (Å²) in [5, 5.41) is 3.39. The van der Waals surface area contributed by atoms with Crippen molar-refractivity contribution >= 4 is 5.91 Å². The van der Waals surface area contributed by atoms with Crippen molar-refractivity contribution in [3.8, 4) is 0 Å². The molecular weight excluding hydrogens is 244 g/mol. The van der Waals surface area contributed by atoms with E-state index in [4.69, 9.17) is 9.47 Å². The third kappa shape index (κ3) is 5.47. The van der Waals surface area contributed by atoms with E-state index in [9.17, 15) is 4.79 Å². The van der Waals surface area contributed by atoms with Gasteiger partial charge in [-0.2, -0.15) is 0 Å². The number of rotatable bonds is 8. The largest absolute Gasteiger partial charge is 0.379 e. The van der Waals surface area contributed by atoms with Gasteiger partial charge in [-0.3, -0.25) is 4.79 Å². The molecule has 5 nitrogen and oxygen atoms in total. The van der Waals surface area contributed by atoms with Gasteiger partial charge in [0, 0.05) is 19.6 Å². The molecule has 1 rings (SSSR count). The zero-order valence-corrected chi connectivity index (χ0v) is 12.6. The normalized spacial score (nSPS) is 23.0. The Balaban J connectivity index is 2.37. The van der Waals surface area contributed by atoms with Crippen LogP contribution in [0.15, 0.2) is 0 Å². The summed E-state index contributed by atoms with van der Waals surface area (Å²) in [6, 6.07) is 0.154. The summed E-state index contributed by atoms with van der Waals surface area (Å²) in [6.07, 6.45) is 1.27. The zero-order valence-electron chi connectivity index (χ0n) is 12.6. The van der Waals surface area contributed by atoms with Gasteiger partial charge < -0.3 is 19.7 Å². The third-order valence-electron chi connectivity index (χ3n) is 3.31. The predicted octanol–water partition coefficient (Wildman–Crippen LogP) is 0.884. The van der Waals surface area contributed by atoms with Gasteiger partial charge in [0.1, 0.15) is 0 Å². The molecule has 1 aliphatic rings. The molecule has 0 radical (unpaired) electrons. The van der Waals surface area contributed by atoms with Crippen LogP contribution in [0.2, 0.25) is 0 Å². The number of carbonyl (C=O) groups is 1. The maximum absolute atomic E-state index is 12.3. The molecule has 0 aliphatic carbocycles. The minimum absolute atomic E-state index is 0.0596. The van der Waals surface area contributed by atoms with Crippen molar-refractivity contribution in [3.63, 3.8) is 0 Å². The van der Waals surface area contributed by atoms with Crippen LogP contribution in [0.3, 0.4) is 0 Å². The number of nitrogens with one attached hydrogen (secondary N) is 1. The molecule has 5 heteroatoms. The molecule has 0 aromatic rings. The minimum atomic E-state index is -0.0596. The first-order chi connectivity index (χ1) is 9.06. The van der Waals surface area contributed by atoms with E-state index >= 15 is 0 Å². The molecule has 0 aromatic carbocycles. The molecule has 2 unspecified atom stereocenters. The second kappa shape index (κ2) is 8.51. The van der Waals surface area contributed by atoms with Crippen molar-refractivity contribution in [2.45, 2.75) is 39.3 Å². The van der Waals surface area contributed by atoms with Gasteiger partial charge in [-0.1, -0.05) is 6.92 Å². The number of hydrogen-bond acceptors (Lipinski definition) is 4. The van der Waals surface area contributed by atoms with Crippen LogP contribution in [0.4, 0.5) is 0 Å². The molecule has 0 saturated carbocycles. The van der Waals surface area contributed by atoms with Crippen LogP contribution in [0, 0.1) is 5.92 Å². The molecule has 0 aromatic heterocycles. The van der Waals surface area contributed by atoms with Gasteiger partial charge in [0.15, 0.2) is 0 Å². The number of likely N-dealkylation sites (N-methyl/N-ethyl adjacent to an activating group) is 1. The summed E-state index contributed by atoms with van der Waals surface area (Å²) in [6.45, 7) is 9.42. The smallest absolute Gasteiger partial charge is 0.229 e. The lowest BCUT2D eigenvalue weighted by Gasteiger charge is -2.24. The maximum Gasteiger partial charge on any atom is 0.229 e. The third-order valence-corrected chi connectivity index (χ3v) is 3.31. The van der Waals surface area contributed by atoms with E-state index in [1.807, 2.05) is 20.9 Å². The van der Waals surface area contributed by atoms with Crippen LogP contribution in [-0.2, 0) is 14.3 Å². The van der Waals surface area contributed by atoms with Crippen LogP contribution in [0.25, 0.3) is 0 Å². The first-order valence-corrected chi connectivity index (χ1v) is 7.24. The quantitative estimate of drug-likeness (QED) is 0.713. The highest BCUT2D eigenvalue weighted by Gasteiger charge is 2.35. The summed E-state index contributed by atoms with van der Waals surface area (Å²) in [7, 11) is 1.83. The van der Waals surface area contributed by atoms with E-state index in [2.05, 4.69) is 12.2 Å². The number of amides is 1. The summed E-state index contributed by atoms with van der Waals surface area (Å²) in [5.41, 5.74) is 0. The Morgan fingerprint density at radius 3 is 2.84 bits per heavy atom. The van der Waals surface area contributed by atoms with Gasteiger partial charge >= 0.3 is 0 Å². The van der Waals surface area contributed by atoms with E-state index in [-0.39, 0.29) is 24.0 Å². The lowest BCUT2D eigenvalue weighted by Crippen LogP contribution is -2.45. The monoisotopic (exact) mass is 272 g/mol. The molecule has 1 N–H and O–H groups in total. The van der Waals surface area contributed by atoms with Crippen molar-refractivity contribution in [3.05, 3.63) is 0 Å². The molecule has 2 atom stereocenters. The van der Waals surface area contributed by atoms with Crippen molar-refractivity contribution < 1.29 is 14.3 Å². The SMILES string of the molecule is CCCNC1COCC1C(=O)N(C)CCOC(C)C. The number of carbonyl (C=O) groups excluding carboxylic acids is 1. The molecule has 1 saturated heterocycles. The summed E-state index contributed by atoms with van der Waals surface area (Å²) in [4.78, 5) is 14.1. The van der Waals surface area contributed by atoms with Crippen molar-refractivity contribution in [1.29, 1.82) is 0 Å². The molecule has 0 spiro atoms. The van der Waals surface area contributed by atoms with Crippen LogP contribution >= 0.6 is 0 Å². The lowest BCUT2D eigenvalue weighted by atomic mass is 10.0. The van der Waals surface area contributed by atoms with Gasteiger partial charge in [0.2, 0.25) is 5.91 Å². The molecule has 1 amide bonds. The molecule has 0 bridgehead atoms. The molecule has 1 heterocycles. The van der Waals surface area contributed by atoms with Crippen LogP contribution in [-0.4, -0.2) is 62.9 Å². The molecular formula is C14H28N2O3. The van der Waals surface area contributed by atoms with E-state index in [0.717, 1.165) is 13.0 Å². The van der Waals surface area contributed by atoms with Crippen molar-refractivity contribution in [2.75, 3.05) is 40.0 Å². The van der Waals surface area contributed by atoms with Crippen LogP contribution < -0.4 is 5.32 Å². The Hall–Kier alpha value is -0.650. The maximum atomic E-state index is 12.3. The van der Waals surface area contributed by atoms with Gasteiger partial charge in [-0.05, 0) is 26.8 Å². The molecule has 19 heavy (non-hydrogen) atoms. The fourth-order valence-corrected chi connectivity index (χ4v) is 2.15. The van der Waals surface area contributed by atoms with E-state index < -0.39 is 0 Å².